The summed E-state index contributed by atoms with van der Waals surface area (Å²) in [5, 5.41) is 2.56. The minimum absolute atomic E-state index is 0.0277. The zero-order valence-electron chi connectivity index (χ0n) is 10.5. The highest BCUT2D eigenvalue weighted by molar-refractivity contribution is 7.80. The second-order valence-corrected chi connectivity index (χ2v) is 4.68. The predicted octanol–water partition coefficient (Wildman–Crippen LogP) is 0.672. The van der Waals surface area contributed by atoms with Crippen molar-refractivity contribution in [2.75, 3.05) is 13.8 Å². The lowest BCUT2D eigenvalue weighted by atomic mass is 10.1. The largest absolute Gasteiger partial charge is 0.454 e. The summed E-state index contributed by atoms with van der Waals surface area (Å²) in [5.74, 6) is 0.295. The molecule has 0 spiro atoms. The first-order valence-corrected chi connectivity index (χ1v) is 6.22. The molecule has 2 heterocycles. The number of carbonyl (C=O) groups is 2. The molecule has 1 N–H and O–H groups in total. The van der Waals surface area contributed by atoms with E-state index in [1.165, 1.54) is 18.0 Å². The molecule has 102 valence electrons. The Morgan fingerprint density at radius 1 is 1.30 bits per heavy atom. The highest BCUT2D eigenvalue weighted by Crippen LogP contribution is 2.33. The second kappa shape index (κ2) is 4.61. The Balaban J connectivity index is 1.97. The standard InChI is InChI=1S/C13H10N2O4S/c1-15-12(17)8(11(16)14-13(15)20)4-7-2-3-9-10(5-7)19-6-18-9/h2-5H,6H2,1H3,(H,14,16,20)/b8-4+. The SMILES string of the molecule is CN1C(=O)/C(=C/c2ccc3c(c2)OCO3)C(=O)NC1=S. The van der Waals surface area contributed by atoms with Crippen molar-refractivity contribution >= 4 is 35.2 Å². The van der Waals surface area contributed by atoms with Crippen molar-refractivity contribution in [1.82, 2.24) is 10.2 Å². The van der Waals surface area contributed by atoms with Gasteiger partial charge < -0.3 is 9.47 Å². The molecule has 0 radical (unpaired) electrons. The molecule has 0 aliphatic carbocycles. The summed E-state index contributed by atoms with van der Waals surface area (Å²) < 4.78 is 10.5. The number of carbonyl (C=O) groups excluding carboxylic acids is 2. The van der Waals surface area contributed by atoms with Gasteiger partial charge in [0.1, 0.15) is 5.57 Å². The summed E-state index contributed by atoms with van der Waals surface area (Å²) in [5.41, 5.74) is 0.703. The van der Waals surface area contributed by atoms with E-state index in [4.69, 9.17) is 21.7 Å². The van der Waals surface area contributed by atoms with Crippen molar-refractivity contribution in [2.45, 2.75) is 0 Å². The summed E-state index contributed by atoms with van der Waals surface area (Å²) in [6.45, 7) is 0.172. The first-order valence-electron chi connectivity index (χ1n) is 5.81. The number of thiocarbonyl (C=S) groups is 1. The van der Waals surface area contributed by atoms with Crippen LogP contribution in [0.3, 0.4) is 0 Å². The van der Waals surface area contributed by atoms with Gasteiger partial charge in [-0.2, -0.15) is 0 Å². The van der Waals surface area contributed by atoms with E-state index in [2.05, 4.69) is 5.32 Å². The number of nitrogens with zero attached hydrogens (tertiary/aromatic N) is 1. The number of rotatable bonds is 1. The number of amides is 2. The van der Waals surface area contributed by atoms with Gasteiger partial charge in [0.2, 0.25) is 6.79 Å². The van der Waals surface area contributed by atoms with Gasteiger partial charge >= 0.3 is 0 Å². The average molecular weight is 290 g/mol. The number of likely N-dealkylation sites (N-methyl/N-ethyl adjacent to an activating group) is 1. The van der Waals surface area contributed by atoms with E-state index in [1.807, 2.05) is 0 Å². The summed E-state index contributed by atoms with van der Waals surface area (Å²) in [6.07, 6.45) is 1.50. The molecule has 2 aliphatic rings. The third-order valence-electron chi connectivity index (χ3n) is 3.01. The maximum atomic E-state index is 12.0. The van der Waals surface area contributed by atoms with E-state index in [-0.39, 0.29) is 17.5 Å². The van der Waals surface area contributed by atoms with Gasteiger partial charge in [-0.15, -0.1) is 0 Å². The lowest BCUT2D eigenvalue weighted by Gasteiger charge is -2.25. The van der Waals surface area contributed by atoms with Crippen molar-refractivity contribution in [2.24, 2.45) is 0 Å². The molecule has 0 bridgehead atoms. The van der Waals surface area contributed by atoms with Gasteiger partial charge in [-0.1, -0.05) is 6.07 Å². The summed E-state index contributed by atoms with van der Waals surface area (Å²) >= 11 is 4.87. The number of hydrogen-bond acceptors (Lipinski definition) is 5. The zero-order valence-corrected chi connectivity index (χ0v) is 11.3. The molecule has 1 saturated heterocycles. The second-order valence-electron chi connectivity index (χ2n) is 4.29. The van der Waals surface area contributed by atoms with E-state index in [1.54, 1.807) is 18.2 Å². The van der Waals surface area contributed by atoms with Gasteiger partial charge in [0.05, 0.1) is 0 Å². The Morgan fingerprint density at radius 3 is 2.85 bits per heavy atom. The van der Waals surface area contributed by atoms with Crippen molar-refractivity contribution in [3.63, 3.8) is 0 Å². The minimum Gasteiger partial charge on any atom is -0.454 e. The van der Waals surface area contributed by atoms with Gasteiger partial charge in [-0.3, -0.25) is 19.8 Å². The maximum absolute atomic E-state index is 12.0. The molecule has 0 unspecified atom stereocenters. The summed E-state index contributed by atoms with van der Waals surface area (Å²) in [4.78, 5) is 25.1. The zero-order chi connectivity index (χ0) is 14.3. The lowest BCUT2D eigenvalue weighted by molar-refractivity contribution is -0.128. The molecule has 2 amide bonds. The Morgan fingerprint density at radius 2 is 2.05 bits per heavy atom. The van der Waals surface area contributed by atoms with Crippen LogP contribution in [0.25, 0.3) is 6.08 Å². The quantitative estimate of drug-likeness (QED) is 0.468. The molecule has 0 saturated carbocycles. The van der Waals surface area contributed by atoms with Crippen LogP contribution < -0.4 is 14.8 Å². The fraction of sp³-hybridized carbons (Fsp3) is 0.154. The third kappa shape index (κ3) is 2.01. The molecule has 0 atom stereocenters. The molecule has 1 aromatic rings. The number of hydrogen-bond donors (Lipinski definition) is 1. The molecule has 0 aromatic heterocycles. The molecule has 3 rings (SSSR count). The van der Waals surface area contributed by atoms with Gasteiger partial charge in [0, 0.05) is 7.05 Å². The van der Waals surface area contributed by atoms with E-state index >= 15 is 0 Å². The number of ether oxygens (including phenoxy) is 2. The number of fused-ring (bicyclic) bond motifs is 1. The molecule has 6 nitrogen and oxygen atoms in total. The highest BCUT2D eigenvalue weighted by Gasteiger charge is 2.30. The van der Waals surface area contributed by atoms with E-state index in [0.29, 0.717) is 17.1 Å². The molecule has 20 heavy (non-hydrogen) atoms. The van der Waals surface area contributed by atoms with Crippen LogP contribution in [0, 0.1) is 0 Å². The van der Waals surface area contributed by atoms with Crippen LogP contribution in [0.4, 0.5) is 0 Å². The van der Waals surface area contributed by atoms with Crippen molar-refractivity contribution in [1.29, 1.82) is 0 Å². The number of nitrogens with one attached hydrogen (secondary N) is 1. The Hall–Kier alpha value is -2.41. The maximum Gasteiger partial charge on any atom is 0.265 e. The van der Waals surface area contributed by atoms with E-state index in [0.717, 1.165) is 0 Å². The van der Waals surface area contributed by atoms with E-state index < -0.39 is 11.8 Å². The van der Waals surface area contributed by atoms with Gasteiger partial charge in [-0.05, 0) is 36.0 Å². The molecule has 1 aromatic carbocycles. The molecule has 2 aliphatic heterocycles. The van der Waals surface area contributed by atoms with Crippen molar-refractivity contribution in [3.8, 4) is 11.5 Å². The van der Waals surface area contributed by atoms with Crippen LogP contribution in [0.15, 0.2) is 23.8 Å². The lowest BCUT2D eigenvalue weighted by Crippen LogP contribution is -2.52. The molecule has 7 heteroatoms. The van der Waals surface area contributed by atoms with E-state index in [9.17, 15) is 9.59 Å². The fourth-order valence-electron chi connectivity index (χ4n) is 1.92. The van der Waals surface area contributed by atoms with Gasteiger partial charge in [0.25, 0.3) is 11.8 Å². The predicted molar refractivity (Wildman–Crippen MR) is 74.1 cm³/mol. The summed E-state index contributed by atoms with van der Waals surface area (Å²) in [7, 11) is 1.51. The number of benzene rings is 1. The first-order chi connectivity index (χ1) is 9.56. The van der Waals surface area contributed by atoms with Crippen LogP contribution in [-0.2, 0) is 9.59 Å². The van der Waals surface area contributed by atoms with Crippen molar-refractivity contribution in [3.05, 3.63) is 29.3 Å². The van der Waals surface area contributed by atoms with Gasteiger partial charge in [-0.25, -0.2) is 0 Å². The molecule has 1 fully saturated rings. The highest BCUT2D eigenvalue weighted by atomic mass is 32.1. The van der Waals surface area contributed by atoms with Crippen molar-refractivity contribution < 1.29 is 19.1 Å². The Labute approximate surface area is 120 Å². The smallest absolute Gasteiger partial charge is 0.265 e. The average Bonchev–Trinajstić information content (AvgIpc) is 2.88. The van der Waals surface area contributed by atoms with Gasteiger partial charge in [0.15, 0.2) is 16.6 Å². The monoisotopic (exact) mass is 290 g/mol. The van der Waals surface area contributed by atoms with Crippen LogP contribution in [0.2, 0.25) is 0 Å². The van der Waals surface area contributed by atoms with Crippen LogP contribution in [0.5, 0.6) is 11.5 Å². The third-order valence-corrected chi connectivity index (χ3v) is 3.39. The first kappa shape index (κ1) is 12.6. The fourth-order valence-corrected chi connectivity index (χ4v) is 2.09. The van der Waals surface area contributed by atoms with Crippen LogP contribution in [-0.4, -0.2) is 35.7 Å². The molecular weight excluding hydrogens is 280 g/mol. The topological polar surface area (TPSA) is 67.9 Å². The van der Waals surface area contributed by atoms with Crippen LogP contribution >= 0.6 is 12.2 Å². The summed E-state index contributed by atoms with van der Waals surface area (Å²) in [6, 6.07) is 5.19. The minimum atomic E-state index is -0.504. The Bertz CT molecular complexity index is 668. The normalized spacial score (nSPS) is 19.6. The Kier molecular flexibility index (Phi) is 2.90. The molecular formula is C13H10N2O4S. The van der Waals surface area contributed by atoms with Crippen LogP contribution in [0.1, 0.15) is 5.56 Å².